The summed E-state index contributed by atoms with van der Waals surface area (Å²) in [5.41, 5.74) is 0.879. The normalized spacial score (nSPS) is 10.9. The second-order valence-corrected chi connectivity index (χ2v) is 21.5. The number of benzene rings is 1. The maximum atomic E-state index is 12.2. The third kappa shape index (κ3) is 9.13. The average Bonchev–Trinajstić information content (AvgIpc) is 2.84. The van der Waals surface area contributed by atoms with Crippen molar-refractivity contribution in [1.29, 1.82) is 0 Å². The van der Waals surface area contributed by atoms with Gasteiger partial charge in [-0.15, -0.1) is 0 Å². The van der Waals surface area contributed by atoms with Crippen LogP contribution in [0.1, 0.15) is 89.2 Å². The van der Waals surface area contributed by atoms with Crippen LogP contribution >= 0.6 is 0 Å². The van der Waals surface area contributed by atoms with Crippen LogP contribution in [0.4, 0.5) is 0 Å². The van der Waals surface area contributed by atoms with Crippen molar-refractivity contribution in [1.82, 2.24) is 4.98 Å². The number of hydrogen-bond donors (Lipinski definition) is 1. The molecule has 5 heteroatoms. The van der Waals surface area contributed by atoms with Crippen LogP contribution in [0.3, 0.4) is 0 Å². The Balaban J connectivity index is 0.00000249. The summed E-state index contributed by atoms with van der Waals surface area (Å²) in [5.74, 6) is -0.501. The van der Waals surface area contributed by atoms with Crippen molar-refractivity contribution in [2.75, 3.05) is 0 Å². The van der Waals surface area contributed by atoms with Crippen LogP contribution in [0, 0.1) is 0 Å². The number of unbranched alkanes of at least 4 members (excludes halogenated alkanes) is 3. The monoisotopic (exact) mass is 549 g/mol. The van der Waals surface area contributed by atoms with E-state index in [1.165, 1.54) is 57.9 Å². The third-order valence-corrected chi connectivity index (χ3v) is 21.6. The van der Waals surface area contributed by atoms with Gasteiger partial charge in [0.05, 0.1) is 0 Å². The van der Waals surface area contributed by atoms with Crippen molar-refractivity contribution in [2.45, 2.75) is 93.1 Å². The number of carbonyl (C=O) groups is 1. The zero-order chi connectivity index (χ0) is 23.8. The van der Waals surface area contributed by atoms with E-state index >= 15 is 0 Å². The van der Waals surface area contributed by atoms with Crippen molar-refractivity contribution in [3.8, 4) is 0 Å². The topological polar surface area (TPSA) is 59.2 Å². The van der Waals surface area contributed by atoms with E-state index in [0.717, 1.165) is 5.56 Å². The summed E-state index contributed by atoms with van der Waals surface area (Å²) >= 11 is -2.41. The van der Waals surface area contributed by atoms with Crippen molar-refractivity contribution in [3.63, 3.8) is 0 Å². The van der Waals surface area contributed by atoms with Crippen molar-refractivity contribution in [3.05, 3.63) is 64.1 Å². The molecule has 0 saturated heterocycles. The number of esters is 1. The van der Waals surface area contributed by atoms with Gasteiger partial charge in [0.25, 0.3) is 0 Å². The molecule has 0 radical (unpaired) electrons. The van der Waals surface area contributed by atoms with E-state index in [2.05, 4.69) is 50.0 Å². The number of aromatic amines is 1. The van der Waals surface area contributed by atoms with Gasteiger partial charge in [0.2, 0.25) is 0 Å². The van der Waals surface area contributed by atoms with Gasteiger partial charge >= 0.3 is 186 Å². The molecule has 4 nitrogen and oxygen atoms in total. The first kappa shape index (κ1) is 28.5. The van der Waals surface area contributed by atoms with E-state index in [1.54, 1.807) is 15.7 Å². The molecule has 0 atom stereocenters. The Morgan fingerprint density at radius 2 is 1.38 bits per heavy atom. The van der Waals surface area contributed by atoms with Gasteiger partial charge in [0, 0.05) is 0 Å². The molecule has 2 rings (SSSR count). The summed E-state index contributed by atoms with van der Waals surface area (Å²) in [4.78, 5) is 26.0. The first-order valence-electron chi connectivity index (χ1n) is 12.5. The molecule has 1 N–H and O–H groups in total. The molecule has 0 amide bonds. The van der Waals surface area contributed by atoms with Crippen LogP contribution in [0.25, 0.3) is 0 Å². The van der Waals surface area contributed by atoms with Crippen LogP contribution in [0.2, 0.25) is 13.3 Å². The van der Waals surface area contributed by atoms with E-state index in [0.29, 0.717) is 0 Å². The fourth-order valence-corrected chi connectivity index (χ4v) is 20.0. The summed E-state index contributed by atoms with van der Waals surface area (Å²) in [6.45, 7) is 11.1. The molecule has 2 aromatic rings. The van der Waals surface area contributed by atoms with E-state index in [1.807, 2.05) is 13.8 Å². The second kappa shape index (κ2) is 16.1. The quantitative estimate of drug-likeness (QED) is 0.221. The molecule has 0 aliphatic rings. The predicted octanol–water partition coefficient (Wildman–Crippen LogP) is 6.81. The number of hydrogen-bond acceptors (Lipinski definition) is 3. The SMILES string of the molecule is CC.CCC[CH2][Sn]([CH2]CCC)([CH2]CCC)[c]1ccc(COC(=O)c2cccc(=O)[nH]2)cc1. The summed E-state index contributed by atoms with van der Waals surface area (Å²) in [7, 11) is 0. The molecule has 0 fully saturated rings. The number of carbonyl (C=O) groups excluding carboxylic acids is 1. The van der Waals surface area contributed by atoms with Crippen molar-refractivity contribution >= 4 is 27.9 Å². The van der Waals surface area contributed by atoms with E-state index in [9.17, 15) is 9.59 Å². The Bertz CT molecular complexity index is 808. The molecule has 32 heavy (non-hydrogen) atoms. The molecular formula is C27H43NO3Sn. The molecule has 1 aromatic carbocycles. The van der Waals surface area contributed by atoms with Gasteiger partial charge in [-0.25, -0.2) is 0 Å². The van der Waals surface area contributed by atoms with Gasteiger partial charge in [-0.05, 0) is 0 Å². The Morgan fingerprint density at radius 3 is 1.84 bits per heavy atom. The Kier molecular flexibility index (Phi) is 14.3. The molecule has 1 heterocycles. The van der Waals surface area contributed by atoms with Crippen LogP contribution in [0.15, 0.2) is 47.3 Å². The number of nitrogens with one attached hydrogen (secondary N) is 1. The standard InChI is InChI=1S/C13H10NO3.3C4H9.C2H6.Sn/c15-12-8-4-7-11(14-12)13(16)17-9-10-5-2-1-3-6-10;3*1-3-4-2;1-2;/h2-8H,9H2,(H,14,15);3*1,3-4H2,2H3;1-2H3;. The molecular weight excluding hydrogens is 505 g/mol. The Morgan fingerprint density at radius 1 is 0.844 bits per heavy atom. The number of aromatic nitrogens is 1. The van der Waals surface area contributed by atoms with Gasteiger partial charge < -0.3 is 0 Å². The van der Waals surface area contributed by atoms with Gasteiger partial charge in [-0.3, -0.25) is 0 Å². The molecule has 0 bridgehead atoms. The first-order valence-corrected chi connectivity index (χ1v) is 20.0. The molecule has 0 aliphatic carbocycles. The fraction of sp³-hybridized carbons (Fsp3) is 0.556. The van der Waals surface area contributed by atoms with Crippen LogP contribution in [0.5, 0.6) is 0 Å². The molecule has 0 unspecified atom stereocenters. The van der Waals surface area contributed by atoms with Crippen LogP contribution < -0.4 is 9.14 Å². The van der Waals surface area contributed by atoms with E-state index in [4.69, 9.17) is 4.74 Å². The summed E-state index contributed by atoms with van der Waals surface area (Å²) in [6, 6.07) is 13.4. The maximum absolute atomic E-state index is 12.2. The zero-order valence-electron chi connectivity index (χ0n) is 20.8. The number of pyridine rings is 1. The Hall–Kier alpha value is -1.56. The predicted molar refractivity (Wildman–Crippen MR) is 139 cm³/mol. The molecule has 178 valence electrons. The average molecular weight is 548 g/mol. The van der Waals surface area contributed by atoms with Crippen LogP contribution in [-0.2, 0) is 11.3 Å². The molecule has 0 saturated carbocycles. The minimum absolute atomic E-state index is 0.188. The third-order valence-electron chi connectivity index (χ3n) is 5.95. The molecule has 1 aromatic heterocycles. The van der Waals surface area contributed by atoms with E-state index in [-0.39, 0.29) is 17.9 Å². The van der Waals surface area contributed by atoms with Gasteiger partial charge in [0.15, 0.2) is 0 Å². The number of ether oxygens (including phenoxy) is 1. The van der Waals surface area contributed by atoms with Gasteiger partial charge in [-0.2, -0.15) is 0 Å². The van der Waals surface area contributed by atoms with Crippen LogP contribution in [-0.4, -0.2) is 29.3 Å². The molecule has 0 aliphatic heterocycles. The second-order valence-electron chi connectivity index (χ2n) is 8.29. The number of rotatable bonds is 13. The summed E-state index contributed by atoms with van der Waals surface area (Å²) < 4.78 is 11.4. The van der Waals surface area contributed by atoms with E-state index < -0.39 is 24.3 Å². The fourth-order valence-electron chi connectivity index (χ4n) is 4.10. The summed E-state index contributed by atoms with van der Waals surface area (Å²) in [6.07, 6.45) is 7.85. The number of H-pyrrole nitrogens is 1. The minimum atomic E-state index is -2.41. The van der Waals surface area contributed by atoms with Gasteiger partial charge in [0.1, 0.15) is 0 Å². The first-order chi connectivity index (χ1) is 15.5. The summed E-state index contributed by atoms with van der Waals surface area (Å²) in [5, 5.41) is 0. The molecule has 0 spiro atoms. The zero-order valence-corrected chi connectivity index (χ0v) is 23.7. The van der Waals surface area contributed by atoms with Gasteiger partial charge in [-0.1, -0.05) is 13.8 Å². The van der Waals surface area contributed by atoms with Crippen molar-refractivity contribution < 1.29 is 9.53 Å². The Labute approximate surface area is 199 Å². The van der Waals surface area contributed by atoms with Crippen molar-refractivity contribution in [2.24, 2.45) is 0 Å².